The van der Waals surface area contributed by atoms with Crippen LogP contribution in [0.15, 0.2) is 84.9 Å². The standard InChI is InChI=1S/C30H26ClNO3/c31-21-12-13-24(26(16-21)28(34)30(18-33)14-15-30)27-23-10-3-4-11-25(23)29(35)32(27)17-20-8-5-7-19-6-1-2-9-22(19)20/h1-13,16,27-28,33-34H,14-15,17-18H2. The Morgan fingerprint density at radius 3 is 2.49 bits per heavy atom. The molecule has 2 unspecified atom stereocenters. The highest BCUT2D eigenvalue weighted by molar-refractivity contribution is 6.30. The first-order valence-corrected chi connectivity index (χ1v) is 12.3. The van der Waals surface area contributed by atoms with E-state index in [0.717, 1.165) is 40.3 Å². The molecule has 5 heteroatoms. The number of benzene rings is 4. The molecule has 0 aromatic heterocycles. The molecule has 2 aliphatic rings. The summed E-state index contributed by atoms with van der Waals surface area (Å²) in [7, 11) is 0. The number of fused-ring (bicyclic) bond motifs is 2. The monoisotopic (exact) mass is 483 g/mol. The van der Waals surface area contributed by atoms with Crippen molar-refractivity contribution in [3.05, 3.63) is 118 Å². The van der Waals surface area contributed by atoms with E-state index in [2.05, 4.69) is 24.3 Å². The van der Waals surface area contributed by atoms with Crippen molar-refractivity contribution < 1.29 is 15.0 Å². The molecule has 0 bridgehead atoms. The fourth-order valence-electron chi connectivity index (χ4n) is 5.52. The Hall–Kier alpha value is -3.18. The molecule has 1 fully saturated rings. The zero-order chi connectivity index (χ0) is 24.2. The van der Waals surface area contributed by atoms with Crippen LogP contribution < -0.4 is 0 Å². The first kappa shape index (κ1) is 22.3. The van der Waals surface area contributed by atoms with Crippen molar-refractivity contribution in [2.75, 3.05) is 6.61 Å². The molecule has 2 atom stereocenters. The molecule has 1 aliphatic heterocycles. The van der Waals surface area contributed by atoms with Gasteiger partial charge in [-0.15, -0.1) is 0 Å². The van der Waals surface area contributed by atoms with Gasteiger partial charge >= 0.3 is 0 Å². The molecule has 0 saturated heterocycles. The van der Waals surface area contributed by atoms with Crippen LogP contribution in [0, 0.1) is 5.41 Å². The highest BCUT2D eigenvalue weighted by Crippen LogP contribution is 2.56. The SMILES string of the molecule is O=C1c2ccccc2C(c2ccc(Cl)cc2C(O)C2(CO)CC2)N1Cc1cccc2ccccc12. The highest BCUT2D eigenvalue weighted by atomic mass is 35.5. The average Bonchev–Trinajstić information content (AvgIpc) is 3.65. The maximum Gasteiger partial charge on any atom is 0.255 e. The molecule has 176 valence electrons. The fourth-order valence-corrected chi connectivity index (χ4v) is 5.70. The maximum absolute atomic E-state index is 13.7. The summed E-state index contributed by atoms with van der Waals surface area (Å²) in [5.74, 6) is -0.0304. The first-order valence-electron chi connectivity index (χ1n) is 12.0. The van der Waals surface area contributed by atoms with Crippen molar-refractivity contribution in [3.8, 4) is 0 Å². The molecule has 1 aliphatic carbocycles. The summed E-state index contributed by atoms with van der Waals surface area (Å²) in [6, 6.07) is 27.2. The molecule has 1 saturated carbocycles. The van der Waals surface area contributed by atoms with E-state index in [4.69, 9.17) is 11.6 Å². The quantitative estimate of drug-likeness (QED) is 0.351. The number of amides is 1. The zero-order valence-corrected chi connectivity index (χ0v) is 19.9. The number of aliphatic hydroxyl groups excluding tert-OH is 2. The second-order valence-corrected chi connectivity index (χ2v) is 10.2. The molecule has 35 heavy (non-hydrogen) atoms. The van der Waals surface area contributed by atoms with Gasteiger partial charge in [-0.05, 0) is 64.1 Å². The van der Waals surface area contributed by atoms with Gasteiger partial charge in [0.2, 0.25) is 0 Å². The van der Waals surface area contributed by atoms with Gasteiger partial charge in [0, 0.05) is 22.5 Å². The Morgan fingerprint density at radius 1 is 0.943 bits per heavy atom. The van der Waals surface area contributed by atoms with Crippen LogP contribution >= 0.6 is 11.6 Å². The predicted molar refractivity (Wildman–Crippen MR) is 137 cm³/mol. The van der Waals surface area contributed by atoms with E-state index in [9.17, 15) is 15.0 Å². The van der Waals surface area contributed by atoms with Gasteiger partial charge in [-0.2, -0.15) is 0 Å². The lowest BCUT2D eigenvalue weighted by Crippen LogP contribution is -2.30. The zero-order valence-electron chi connectivity index (χ0n) is 19.2. The van der Waals surface area contributed by atoms with E-state index in [1.54, 1.807) is 6.07 Å². The molecular formula is C30H26ClNO3. The summed E-state index contributed by atoms with van der Waals surface area (Å²) < 4.78 is 0. The van der Waals surface area contributed by atoms with Crippen LogP contribution in [-0.4, -0.2) is 27.6 Å². The summed E-state index contributed by atoms with van der Waals surface area (Å²) in [4.78, 5) is 15.6. The number of halogens is 1. The highest BCUT2D eigenvalue weighted by Gasteiger charge is 2.50. The largest absolute Gasteiger partial charge is 0.396 e. The number of carbonyl (C=O) groups excluding carboxylic acids is 1. The molecule has 4 aromatic carbocycles. The molecule has 1 amide bonds. The van der Waals surface area contributed by atoms with Crippen molar-refractivity contribution in [1.29, 1.82) is 0 Å². The fraction of sp³-hybridized carbons (Fsp3) is 0.233. The second-order valence-electron chi connectivity index (χ2n) is 9.76. The minimum absolute atomic E-state index is 0.0304. The third kappa shape index (κ3) is 3.64. The van der Waals surface area contributed by atoms with E-state index < -0.39 is 11.5 Å². The Labute approximate surface area is 209 Å². The number of nitrogens with zero attached hydrogens (tertiary/aromatic N) is 1. The predicted octanol–water partition coefficient (Wildman–Crippen LogP) is 6.04. The molecule has 2 N–H and O–H groups in total. The Morgan fingerprint density at radius 2 is 1.69 bits per heavy atom. The van der Waals surface area contributed by atoms with Gasteiger partial charge in [0.05, 0.1) is 18.8 Å². The molecule has 0 radical (unpaired) electrons. The third-order valence-corrected chi connectivity index (χ3v) is 7.94. The lowest BCUT2D eigenvalue weighted by molar-refractivity contribution is 0.0480. The van der Waals surface area contributed by atoms with Gasteiger partial charge < -0.3 is 15.1 Å². The number of hydrogen-bond acceptors (Lipinski definition) is 3. The number of hydrogen-bond donors (Lipinski definition) is 2. The summed E-state index contributed by atoms with van der Waals surface area (Å²) >= 11 is 6.39. The van der Waals surface area contributed by atoms with Crippen molar-refractivity contribution in [1.82, 2.24) is 4.90 Å². The van der Waals surface area contributed by atoms with Gasteiger partial charge in [0.25, 0.3) is 5.91 Å². The topological polar surface area (TPSA) is 60.8 Å². The van der Waals surface area contributed by atoms with Crippen LogP contribution in [0.2, 0.25) is 5.02 Å². The van der Waals surface area contributed by atoms with E-state index >= 15 is 0 Å². The van der Waals surface area contributed by atoms with Crippen LogP contribution in [-0.2, 0) is 6.54 Å². The van der Waals surface area contributed by atoms with Gasteiger partial charge in [0.1, 0.15) is 0 Å². The third-order valence-electron chi connectivity index (χ3n) is 7.70. The molecular weight excluding hydrogens is 458 g/mol. The van der Waals surface area contributed by atoms with Gasteiger partial charge in [0.15, 0.2) is 0 Å². The van der Waals surface area contributed by atoms with E-state index in [1.807, 2.05) is 59.5 Å². The first-order chi connectivity index (χ1) is 17.0. The maximum atomic E-state index is 13.7. The number of carbonyl (C=O) groups is 1. The van der Waals surface area contributed by atoms with E-state index in [-0.39, 0.29) is 18.6 Å². The van der Waals surface area contributed by atoms with Crippen LogP contribution in [0.25, 0.3) is 10.8 Å². The van der Waals surface area contributed by atoms with Gasteiger partial charge in [-0.1, -0.05) is 78.3 Å². The normalized spacial score (nSPS) is 19.1. The number of rotatable bonds is 6. The van der Waals surface area contributed by atoms with Crippen LogP contribution in [0.3, 0.4) is 0 Å². The van der Waals surface area contributed by atoms with E-state index in [1.165, 1.54) is 0 Å². The molecule has 6 rings (SSSR count). The smallest absolute Gasteiger partial charge is 0.255 e. The Kier molecular flexibility index (Phi) is 5.41. The van der Waals surface area contributed by atoms with Crippen molar-refractivity contribution in [3.63, 3.8) is 0 Å². The van der Waals surface area contributed by atoms with Crippen molar-refractivity contribution in [2.24, 2.45) is 5.41 Å². The summed E-state index contributed by atoms with van der Waals surface area (Å²) in [5.41, 5.74) is 3.65. The van der Waals surface area contributed by atoms with Crippen molar-refractivity contribution >= 4 is 28.3 Å². The lowest BCUT2D eigenvalue weighted by atomic mass is 9.86. The molecule has 1 heterocycles. The molecule has 0 spiro atoms. The summed E-state index contributed by atoms with van der Waals surface area (Å²) in [5, 5.41) is 24.2. The number of aliphatic hydroxyl groups is 2. The van der Waals surface area contributed by atoms with E-state index in [0.29, 0.717) is 22.7 Å². The molecule has 4 nitrogen and oxygen atoms in total. The summed E-state index contributed by atoms with van der Waals surface area (Å²) in [6.07, 6.45) is 0.663. The van der Waals surface area contributed by atoms with Crippen LogP contribution in [0.1, 0.15) is 57.6 Å². The van der Waals surface area contributed by atoms with Crippen LogP contribution in [0.5, 0.6) is 0 Å². The van der Waals surface area contributed by atoms with Gasteiger partial charge in [-0.3, -0.25) is 4.79 Å². The lowest BCUT2D eigenvalue weighted by Gasteiger charge is -2.31. The van der Waals surface area contributed by atoms with Crippen molar-refractivity contribution in [2.45, 2.75) is 31.5 Å². The Bertz CT molecular complexity index is 1440. The average molecular weight is 484 g/mol. The summed E-state index contributed by atoms with van der Waals surface area (Å²) in [6.45, 7) is 0.350. The second kappa shape index (κ2) is 8.49. The Balaban J connectivity index is 1.50. The minimum atomic E-state index is -0.858. The van der Waals surface area contributed by atoms with Crippen LogP contribution in [0.4, 0.5) is 0 Å². The van der Waals surface area contributed by atoms with Gasteiger partial charge in [-0.25, -0.2) is 0 Å². The molecule has 4 aromatic rings. The minimum Gasteiger partial charge on any atom is -0.396 e.